The Hall–Kier alpha value is -1.91. The molecule has 23 heavy (non-hydrogen) atoms. The third kappa shape index (κ3) is 5.66. The fraction of sp³-hybridized carbons (Fsp3) is 0.611. The molecule has 0 aliphatic heterocycles. The number of hydrogen-bond donors (Lipinski definition) is 2. The number of rotatable bonds is 6. The van der Waals surface area contributed by atoms with E-state index >= 15 is 0 Å². The number of amides is 2. The van der Waals surface area contributed by atoms with Crippen LogP contribution in [0, 0.1) is 11.8 Å². The van der Waals surface area contributed by atoms with Gasteiger partial charge in [-0.2, -0.15) is 0 Å². The molecule has 126 valence electrons. The smallest absolute Gasteiger partial charge is 0.220 e. The van der Waals surface area contributed by atoms with Crippen molar-refractivity contribution in [3.05, 3.63) is 30.1 Å². The predicted octanol–water partition coefficient (Wildman–Crippen LogP) is 2.42. The van der Waals surface area contributed by atoms with Crippen molar-refractivity contribution in [2.75, 3.05) is 0 Å². The maximum absolute atomic E-state index is 12.0. The fourth-order valence-electron chi connectivity index (χ4n) is 3.07. The molecule has 1 saturated carbocycles. The van der Waals surface area contributed by atoms with E-state index in [-0.39, 0.29) is 30.7 Å². The number of pyridine rings is 1. The molecule has 3 unspecified atom stereocenters. The molecule has 0 spiro atoms. The lowest BCUT2D eigenvalue weighted by atomic mass is 9.78. The third-order valence-electron chi connectivity index (χ3n) is 4.83. The summed E-state index contributed by atoms with van der Waals surface area (Å²) in [5.41, 5.74) is 0.815. The Kier molecular flexibility index (Phi) is 6.56. The average molecular weight is 317 g/mol. The first-order valence-corrected chi connectivity index (χ1v) is 8.52. The van der Waals surface area contributed by atoms with E-state index < -0.39 is 0 Å². The van der Waals surface area contributed by atoms with E-state index in [0.717, 1.165) is 12.1 Å². The van der Waals surface area contributed by atoms with Crippen LogP contribution in [0.25, 0.3) is 0 Å². The van der Waals surface area contributed by atoms with Gasteiger partial charge in [0.05, 0.1) is 12.2 Å². The summed E-state index contributed by atoms with van der Waals surface area (Å²) in [6, 6.07) is 5.83. The van der Waals surface area contributed by atoms with Crippen LogP contribution in [0.4, 0.5) is 0 Å². The predicted molar refractivity (Wildman–Crippen MR) is 89.4 cm³/mol. The van der Waals surface area contributed by atoms with Crippen LogP contribution in [0.15, 0.2) is 24.4 Å². The fourth-order valence-corrected chi connectivity index (χ4v) is 3.07. The van der Waals surface area contributed by atoms with Gasteiger partial charge in [0.1, 0.15) is 0 Å². The molecule has 2 N–H and O–H groups in total. The molecule has 2 rings (SSSR count). The van der Waals surface area contributed by atoms with E-state index in [1.807, 2.05) is 18.2 Å². The van der Waals surface area contributed by atoms with Crippen LogP contribution in [0.2, 0.25) is 0 Å². The van der Waals surface area contributed by atoms with Crippen molar-refractivity contribution in [2.24, 2.45) is 11.8 Å². The zero-order valence-corrected chi connectivity index (χ0v) is 14.0. The van der Waals surface area contributed by atoms with Gasteiger partial charge in [0.25, 0.3) is 0 Å². The maximum Gasteiger partial charge on any atom is 0.220 e. The molecule has 1 aliphatic carbocycles. The van der Waals surface area contributed by atoms with Crippen molar-refractivity contribution in [2.45, 2.75) is 58.5 Å². The highest BCUT2D eigenvalue weighted by molar-refractivity contribution is 5.83. The van der Waals surface area contributed by atoms with Crippen LogP contribution < -0.4 is 10.6 Å². The lowest BCUT2D eigenvalue weighted by Gasteiger charge is -2.34. The van der Waals surface area contributed by atoms with Gasteiger partial charge in [0.2, 0.25) is 11.8 Å². The Morgan fingerprint density at radius 2 is 1.96 bits per heavy atom. The molecule has 5 nitrogen and oxygen atoms in total. The number of hydrogen-bond acceptors (Lipinski definition) is 3. The van der Waals surface area contributed by atoms with Crippen molar-refractivity contribution < 1.29 is 9.59 Å². The Balaban J connectivity index is 1.66. The molecule has 3 atom stereocenters. The van der Waals surface area contributed by atoms with Gasteiger partial charge in [-0.15, -0.1) is 0 Å². The SMILES string of the molecule is CC1CCCC(NC(=O)CCC(=O)NCc2ccccn2)C1C. The molecule has 5 heteroatoms. The van der Waals surface area contributed by atoms with Gasteiger partial charge in [0, 0.05) is 25.1 Å². The van der Waals surface area contributed by atoms with Crippen LogP contribution in [-0.4, -0.2) is 22.8 Å². The van der Waals surface area contributed by atoms with Gasteiger partial charge in [-0.1, -0.05) is 32.8 Å². The summed E-state index contributed by atoms with van der Waals surface area (Å²) < 4.78 is 0. The monoisotopic (exact) mass is 317 g/mol. The Labute approximate surface area is 138 Å². The van der Waals surface area contributed by atoms with Gasteiger partial charge >= 0.3 is 0 Å². The second-order valence-electron chi connectivity index (χ2n) is 6.54. The maximum atomic E-state index is 12.0. The Morgan fingerprint density at radius 3 is 2.70 bits per heavy atom. The van der Waals surface area contributed by atoms with E-state index in [2.05, 4.69) is 29.5 Å². The minimum atomic E-state index is -0.115. The number of aromatic nitrogens is 1. The van der Waals surface area contributed by atoms with Crippen molar-refractivity contribution >= 4 is 11.8 Å². The van der Waals surface area contributed by atoms with Gasteiger partial charge in [-0.05, 0) is 30.4 Å². The highest BCUT2D eigenvalue weighted by atomic mass is 16.2. The minimum Gasteiger partial charge on any atom is -0.353 e. The molecule has 0 bridgehead atoms. The molecule has 0 saturated heterocycles. The summed E-state index contributed by atoms with van der Waals surface area (Å²) in [6.45, 7) is 4.85. The van der Waals surface area contributed by atoms with E-state index in [0.29, 0.717) is 18.4 Å². The zero-order chi connectivity index (χ0) is 16.7. The van der Waals surface area contributed by atoms with Crippen molar-refractivity contribution in [3.63, 3.8) is 0 Å². The van der Waals surface area contributed by atoms with Gasteiger partial charge in [-0.3, -0.25) is 14.6 Å². The molecular formula is C18H27N3O2. The molecular weight excluding hydrogens is 290 g/mol. The summed E-state index contributed by atoms with van der Waals surface area (Å²) >= 11 is 0. The molecule has 1 heterocycles. The summed E-state index contributed by atoms with van der Waals surface area (Å²) in [5, 5.41) is 5.89. The zero-order valence-electron chi connectivity index (χ0n) is 14.0. The molecule has 1 aromatic heterocycles. The molecule has 1 aliphatic rings. The van der Waals surface area contributed by atoms with E-state index in [1.165, 1.54) is 12.8 Å². The number of nitrogens with zero attached hydrogens (tertiary/aromatic N) is 1. The second-order valence-corrected chi connectivity index (χ2v) is 6.54. The van der Waals surface area contributed by atoms with Crippen LogP contribution in [0.1, 0.15) is 51.6 Å². The highest BCUT2D eigenvalue weighted by Gasteiger charge is 2.27. The van der Waals surface area contributed by atoms with E-state index in [9.17, 15) is 9.59 Å². The summed E-state index contributed by atoms with van der Waals surface area (Å²) in [4.78, 5) is 28.0. The van der Waals surface area contributed by atoms with Crippen molar-refractivity contribution in [1.29, 1.82) is 0 Å². The lowest BCUT2D eigenvalue weighted by Crippen LogP contribution is -2.43. The van der Waals surface area contributed by atoms with E-state index in [4.69, 9.17) is 0 Å². The van der Waals surface area contributed by atoms with Gasteiger partial charge in [-0.25, -0.2) is 0 Å². The highest BCUT2D eigenvalue weighted by Crippen LogP contribution is 2.29. The van der Waals surface area contributed by atoms with Crippen LogP contribution >= 0.6 is 0 Å². The van der Waals surface area contributed by atoms with E-state index in [1.54, 1.807) is 6.20 Å². The Morgan fingerprint density at radius 1 is 1.17 bits per heavy atom. The molecule has 1 fully saturated rings. The second kappa shape index (κ2) is 8.65. The first-order chi connectivity index (χ1) is 11.1. The number of nitrogens with one attached hydrogen (secondary N) is 2. The third-order valence-corrected chi connectivity index (χ3v) is 4.83. The number of carbonyl (C=O) groups excluding carboxylic acids is 2. The van der Waals surface area contributed by atoms with Crippen molar-refractivity contribution in [3.8, 4) is 0 Å². The normalized spacial score (nSPS) is 24.0. The summed E-state index contributed by atoms with van der Waals surface area (Å²) in [7, 11) is 0. The van der Waals surface area contributed by atoms with Gasteiger partial charge < -0.3 is 10.6 Å². The minimum absolute atomic E-state index is 0.0241. The summed E-state index contributed by atoms with van der Waals surface area (Å²) in [5.74, 6) is 1.02. The average Bonchev–Trinajstić information content (AvgIpc) is 2.56. The number of carbonyl (C=O) groups is 2. The standard InChI is InChI=1S/C18H27N3O2/c1-13-6-5-8-16(14(13)2)21-18(23)10-9-17(22)20-12-15-7-3-4-11-19-15/h3-4,7,11,13-14,16H,5-6,8-10,12H2,1-2H3,(H,20,22)(H,21,23). The van der Waals surface area contributed by atoms with Gasteiger partial charge in [0.15, 0.2) is 0 Å². The molecule has 1 aromatic rings. The first kappa shape index (κ1) is 17.4. The quantitative estimate of drug-likeness (QED) is 0.846. The van der Waals surface area contributed by atoms with Crippen molar-refractivity contribution in [1.82, 2.24) is 15.6 Å². The Bertz CT molecular complexity index is 518. The largest absolute Gasteiger partial charge is 0.353 e. The molecule has 0 aromatic carbocycles. The molecule has 0 radical (unpaired) electrons. The van der Waals surface area contributed by atoms with Crippen LogP contribution in [0.5, 0.6) is 0 Å². The topological polar surface area (TPSA) is 71.1 Å². The lowest BCUT2D eigenvalue weighted by molar-refractivity contribution is -0.127. The molecule has 2 amide bonds. The summed E-state index contributed by atoms with van der Waals surface area (Å²) in [6.07, 6.45) is 5.61. The van der Waals surface area contributed by atoms with Crippen LogP contribution in [0.3, 0.4) is 0 Å². The van der Waals surface area contributed by atoms with Crippen LogP contribution in [-0.2, 0) is 16.1 Å². The first-order valence-electron chi connectivity index (χ1n) is 8.52.